The third kappa shape index (κ3) is 4.57. The van der Waals surface area contributed by atoms with Crippen LogP contribution in [0.3, 0.4) is 0 Å². The maximum atomic E-state index is 13.0. The molecule has 1 N–H and O–H groups in total. The molecule has 2 aromatic carbocycles. The highest BCUT2D eigenvalue weighted by Crippen LogP contribution is 2.24. The Kier molecular flexibility index (Phi) is 5.95. The fraction of sp³-hybridized carbons (Fsp3) is 0.125. The maximum Gasteiger partial charge on any atom is 0.268 e. The average molecular weight is 431 g/mol. The normalized spacial score (nSPS) is 10.6. The van der Waals surface area contributed by atoms with Crippen LogP contribution in [0, 0.1) is 6.92 Å². The number of nitrogens with zero attached hydrogens (tertiary/aromatic N) is 3. The molecule has 0 unspecified atom stereocenters. The van der Waals surface area contributed by atoms with Crippen molar-refractivity contribution < 1.29 is 9.59 Å². The number of carbonyl (C=O) groups is 2. The van der Waals surface area contributed by atoms with E-state index in [0.29, 0.717) is 21.8 Å². The molecular formula is C24H22N4O2S. The van der Waals surface area contributed by atoms with Gasteiger partial charge in [0, 0.05) is 31.7 Å². The maximum absolute atomic E-state index is 13.0. The van der Waals surface area contributed by atoms with Crippen molar-refractivity contribution in [3.8, 4) is 0 Å². The summed E-state index contributed by atoms with van der Waals surface area (Å²) >= 11 is 1.38. The van der Waals surface area contributed by atoms with Gasteiger partial charge in [0.25, 0.3) is 11.8 Å². The number of rotatable bonds is 6. The summed E-state index contributed by atoms with van der Waals surface area (Å²) in [4.78, 5) is 32.1. The quantitative estimate of drug-likeness (QED) is 0.476. The average Bonchev–Trinajstić information content (AvgIpc) is 3.46. The van der Waals surface area contributed by atoms with Crippen molar-refractivity contribution in [3.05, 3.63) is 100 Å². The number of nitrogens with one attached hydrogen (secondary N) is 1. The van der Waals surface area contributed by atoms with E-state index in [1.807, 2.05) is 54.9 Å². The van der Waals surface area contributed by atoms with E-state index < -0.39 is 0 Å². The topological polar surface area (TPSA) is 67.2 Å². The van der Waals surface area contributed by atoms with Crippen LogP contribution >= 0.6 is 11.3 Å². The monoisotopic (exact) mass is 430 g/mol. The predicted molar refractivity (Wildman–Crippen MR) is 124 cm³/mol. The molecule has 2 aromatic heterocycles. The van der Waals surface area contributed by atoms with Gasteiger partial charge in [-0.3, -0.25) is 9.59 Å². The molecule has 7 heteroatoms. The van der Waals surface area contributed by atoms with E-state index >= 15 is 0 Å². The Hall–Kier alpha value is -3.71. The second kappa shape index (κ2) is 8.97. The van der Waals surface area contributed by atoms with Crippen molar-refractivity contribution in [3.63, 3.8) is 0 Å². The summed E-state index contributed by atoms with van der Waals surface area (Å²) in [5.74, 6) is 0.546. The first-order valence-corrected chi connectivity index (χ1v) is 10.7. The largest absolute Gasteiger partial charge is 0.331 e. The standard InChI is InChI=1S/C24H22N4O2S/c1-17-25-13-14-28(17)16-18-9-11-19(12-10-18)26-23(29)20-6-3-4-7-21(20)27(2)24(30)22-8-5-15-31-22/h3-15H,16H2,1-2H3,(H,26,29). The molecule has 4 aromatic rings. The van der Waals surface area contributed by atoms with Crippen molar-refractivity contribution in [2.45, 2.75) is 13.5 Å². The predicted octanol–water partition coefficient (Wildman–Crippen LogP) is 4.83. The lowest BCUT2D eigenvalue weighted by Gasteiger charge is -2.20. The van der Waals surface area contributed by atoms with E-state index in [4.69, 9.17) is 0 Å². The fourth-order valence-electron chi connectivity index (χ4n) is 3.29. The van der Waals surface area contributed by atoms with Crippen LogP contribution in [-0.4, -0.2) is 28.4 Å². The molecule has 0 bridgehead atoms. The van der Waals surface area contributed by atoms with Crippen molar-refractivity contribution in [1.82, 2.24) is 9.55 Å². The van der Waals surface area contributed by atoms with Crippen LogP contribution in [0.5, 0.6) is 0 Å². The number of para-hydroxylation sites is 1. The molecule has 31 heavy (non-hydrogen) atoms. The summed E-state index contributed by atoms with van der Waals surface area (Å²) in [5, 5.41) is 4.79. The molecule has 156 valence electrons. The summed E-state index contributed by atoms with van der Waals surface area (Å²) in [7, 11) is 1.68. The Morgan fingerprint density at radius 3 is 2.52 bits per heavy atom. The molecule has 2 amide bonds. The van der Waals surface area contributed by atoms with Gasteiger partial charge in [-0.15, -0.1) is 11.3 Å². The number of hydrogen-bond donors (Lipinski definition) is 1. The molecule has 0 radical (unpaired) electrons. The molecule has 2 heterocycles. The third-order valence-corrected chi connectivity index (χ3v) is 5.89. The van der Waals surface area contributed by atoms with E-state index in [2.05, 4.69) is 14.9 Å². The summed E-state index contributed by atoms with van der Waals surface area (Å²) < 4.78 is 2.06. The molecule has 0 atom stereocenters. The first-order chi connectivity index (χ1) is 15.0. The molecule has 0 aliphatic carbocycles. The molecule has 4 rings (SSSR count). The van der Waals surface area contributed by atoms with Gasteiger partial charge in [-0.25, -0.2) is 4.98 Å². The summed E-state index contributed by atoms with van der Waals surface area (Å²) in [5.41, 5.74) is 2.80. The first-order valence-electron chi connectivity index (χ1n) is 9.81. The zero-order valence-corrected chi connectivity index (χ0v) is 18.1. The van der Waals surface area contributed by atoms with Crippen molar-refractivity contribution in [1.29, 1.82) is 0 Å². The number of amides is 2. The van der Waals surface area contributed by atoms with Gasteiger partial charge in [-0.1, -0.05) is 30.3 Å². The zero-order valence-electron chi connectivity index (χ0n) is 17.3. The van der Waals surface area contributed by atoms with E-state index in [-0.39, 0.29) is 11.8 Å². The SMILES string of the molecule is Cc1nccn1Cc1ccc(NC(=O)c2ccccc2N(C)C(=O)c2cccs2)cc1. The lowest BCUT2D eigenvalue weighted by molar-refractivity contribution is 0.0996. The van der Waals surface area contributed by atoms with Gasteiger partial charge in [-0.2, -0.15) is 0 Å². The Bertz CT molecular complexity index is 1200. The Morgan fingerprint density at radius 1 is 1.06 bits per heavy atom. The Balaban J connectivity index is 1.49. The lowest BCUT2D eigenvalue weighted by Crippen LogP contribution is -2.28. The second-order valence-corrected chi connectivity index (χ2v) is 8.06. The molecule has 0 saturated carbocycles. The molecule has 0 fully saturated rings. The highest BCUT2D eigenvalue weighted by atomic mass is 32.1. The van der Waals surface area contributed by atoms with Crippen LogP contribution < -0.4 is 10.2 Å². The number of thiophene rings is 1. The lowest BCUT2D eigenvalue weighted by atomic mass is 10.1. The zero-order chi connectivity index (χ0) is 21.8. The number of benzene rings is 2. The first kappa shape index (κ1) is 20.6. The fourth-order valence-corrected chi connectivity index (χ4v) is 3.99. The van der Waals surface area contributed by atoms with Crippen LogP contribution in [0.25, 0.3) is 0 Å². The Labute approximate surface area is 184 Å². The van der Waals surface area contributed by atoms with Crippen molar-refractivity contribution >= 4 is 34.5 Å². The van der Waals surface area contributed by atoms with Gasteiger partial charge in [0.05, 0.1) is 16.1 Å². The molecular weight excluding hydrogens is 408 g/mol. The van der Waals surface area contributed by atoms with Gasteiger partial charge in [-0.05, 0) is 48.2 Å². The highest BCUT2D eigenvalue weighted by Gasteiger charge is 2.20. The summed E-state index contributed by atoms with van der Waals surface area (Å²) in [6.45, 7) is 2.69. The van der Waals surface area contributed by atoms with Crippen molar-refractivity contribution in [2.75, 3.05) is 17.3 Å². The minimum atomic E-state index is -0.264. The third-order valence-electron chi connectivity index (χ3n) is 5.03. The van der Waals surface area contributed by atoms with Gasteiger partial charge < -0.3 is 14.8 Å². The Morgan fingerprint density at radius 2 is 1.84 bits per heavy atom. The molecule has 6 nitrogen and oxygen atoms in total. The minimum Gasteiger partial charge on any atom is -0.331 e. The van der Waals surface area contributed by atoms with E-state index in [0.717, 1.165) is 17.9 Å². The number of aromatic nitrogens is 2. The van der Waals surface area contributed by atoms with Crippen LogP contribution in [-0.2, 0) is 6.54 Å². The summed E-state index contributed by atoms with van der Waals surface area (Å²) in [6.07, 6.45) is 3.72. The van der Waals surface area contributed by atoms with E-state index in [1.54, 1.807) is 37.5 Å². The second-order valence-electron chi connectivity index (χ2n) is 7.11. The van der Waals surface area contributed by atoms with Crippen LogP contribution in [0.15, 0.2) is 78.4 Å². The molecule has 0 aliphatic rings. The highest BCUT2D eigenvalue weighted by molar-refractivity contribution is 7.12. The van der Waals surface area contributed by atoms with E-state index in [9.17, 15) is 9.59 Å². The van der Waals surface area contributed by atoms with Gasteiger partial charge in [0.2, 0.25) is 0 Å². The molecule has 0 spiro atoms. The van der Waals surface area contributed by atoms with Crippen LogP contribution in [0.1, 0.15) is 31.4 Å². The summed E-state index contributed by atoms with van der Waals surface area (Å²) in [6, 6.07) is 18.4. The number of anilines is 2. The minimum absolute atomic E-state index is 0.144. The molecule has 0 aliphatic heterocycles. The van der Waals surface area contributed by atoms with Crippen LogP contribution in [0.4, 0.5) is 11.4 Å². The molecule has 0 saturated heterocycles. The van der Waals surface area contributed by atoms with E-state index in [1.165, 1.54) is 16.2 Å². The number of aryl methyl sites for hydroxylation is 1. The van der Waals surface area contributed by atoms with Crippen molar-refractivity contribution in [2.24, 2.45) is 0 Å². The number of hydrogen-bond acceptors (Lipinski definition) is 4. The van der Waals surface area contributed by atoms with Gasteiger partial charge in [0.1, 0.15) is 5.82 Å². The van der Waals surface area contributed by atoms with Crippen LogP contribution in [0.2, 0.25) is 0 Å². The smallest absolute Gasteiger partial charge is 0.268 e. The number of imidazole rings is 1. The van der Waals surface area contributed by atoms with Gasteiger partial charge in [0.15, 0.2) is 0 Å². The number of carbonyl (C=O) groups excluding carboxylic acids is 2. The van der Waals surface area contributed by atoms with Gasteiger partial charge >= 0.3 is 0 Å².